The monoisotopic (exact) mass is 361 g/mol. The molecule has 25 heavy (non-hydrogen) atoms. The van der Waals surface area contributed by atoms with Crippen LogP contribution in [0.5, 0.6) is 5.88 Å². The van der Waals surface area contributed by atoms with Crippen molar-refractivity contribution in [2.45, 2.75) is 23.8 Å². The molecule has 0 unspecified atom stereocenters. The van der Waals surface area contributed by atoms with E-state index in [9.17, 15) is 13.2 Å². The van der Waals surface area contributed by atoms with Gasteiger partial charge in [0.15, 0.2) is 0 Å². The highest BCUT2D eigenvalue weighted by atomic mass is 32.2. The molecule has 3 rings (SSSR count). The Bertz CT molecular complexity index is 877. The molecule has 7 nitrogen and oxygen atoms in total. The maximum atomic E-state index is 12.5. The lowest BCUT2D eigenvalue weighted by molar-refractivity contribution is 0.102. The fraction of sp³-hybridized carbons (Fsp3) is 0.294. The van der Waals surface area contributed by atoms with Crippen LogP contribution in [0.3, 0.4) is 0 Å². The van der Waals surface area contributed by atoms with Crippen LogP contribution in [-0.4, -0.2) is 43.8 Å². The van der Waals surface area contributed by atoms with Crippen molar-refractivity contribution in [1.29, 1.82) is 0 Å². The number of carbonyl (C=O) groups excluding carboxylic acids is 1. The summed E-state index contributed by atoms with van der Waals surface area (Å²) in [5.74, 6) is 0.0172. The molecule has 8 heteroatoms. The van der Waals surface area contributed by atoms with E-state index < -0.39 is 10.0 Å². The number of anilines is 1. The molecule has 0 aliphatic heterocycles. The largest absolute Gasteiger partial charge is 0.481 e. The number of benzene rings is 1. The Labute approximate surface area is 146 Å². The van der Waals surface area contributed by atoms with Crippen molar-refractivity contribution in [2.75, 3.05) is 19.5 Å². The van der Waals surface area contributed by atoms with Crippen LogP contribution in [-0.2, 0) is 10.0 Å². The molecule has 1 aliphatic rings. The number of hydrogen-bond donors (Lipinski definition) is 1. The van der Waals surface area contributed by atoms with Gasteiger partial charge in [0.05, 0.1) is 12.0 Å². The Hall–Kier alpha value is -2.45. The number of amides is 1. The Morgan fingerprint density at radius 3 is 2.52 bits per heavy atom. The van der Waals surface area contributed by atoms with Gasteiger partial charge in [0, 0.05) is 36.6 Å². The zero-order valence-corrected chi connectivity index (χ0v) is 14.8. The van der Waals surface area contributed by atoms with Gasteiger partial charge in [0.1, 0.15) is 0 Å². The van der Waals surface area contributed by atoms with Crippen LogP contribution in [0.4, 0.5) is 5.69 Å². The van der Waals surface area contributed by atoms with Crippen LogP contribution in [0.25, 0.3) is 0 Å². The molecule has 1 N–H and O–H groups in total. The van der Waals surface area contributed by atoms with Gasteiger partial charge in [-0.3, -0.25) is 4.79 Å². The first-order chi connectivity index (χ1) is 11.9. The Kier molecular flexibility index (Phi) is 4.73. The summed E-state index contributed by atoms with van der Waals surface area (Å²) < 4.78 is 31.3. The zero-order valence-electron chi connectivity index (χ0n) is 14.0. The molecular formula is C17H19N3O4S. The second-order valence-corrected chi connectivity index (χ2v) is 7.82. The number of methoxy groups -OCH3 is 1. The summed E-state index contributed by atoms with van der Waals surface area (Å²) in [6.07, 6.45) is 3.29. The highest BCUT2D eigenvalue weighted by molar-refractivity contribution is 7.89. The first-order valence-corrected chi connectivity index (χ1v) is 9.25. The van der Waals surface area contributed by atoms with Crippen LogP contribution in [0, 0.1) is 0 Å². The average molecular weight is 361 g/mol. The summed E-state index contributed by atoms with van der Waals surface area (Å²) in [4.78, 5) is 16.4. The van der Waals surface area contributed by atoms with Crippen molar-refractivity contribution in [2.24, 2.45) is 0 Å². The second-order valence-electron chi connectivity index (χ2n) is 5.82. The van der Waals surface area contributed by atoms with Gasteiger partial charge in [0.25, 0.3) is 5.91 Å². The number of carbonyl (C=O) groups is 1. The maximum absolute atomic E-state index is 12.5. The molecule has 1 fully saturated rings. The van der Waals surface area contributed by atoms with Gasteiger partial charge in [-0.2, -0.15) is 4.31 Å². The standard InChI is InChI=1S/C17H19N3O4S/c1-20(14-5-6-14)25(22,23)15-7-3-13(4-8-15)19-17(21)12-9-10-18-16(11-12)24-2/h3-4,7-11,14H,5-6H2,1-2H3,(H,19,21). The number of nitrogens with one attached hydrogen (secondary N) is 1. The third kappa shape index (κ3) is 3.80. The number of ether oxygens (including phenoxy) is 1. The summed E-state index contributed by atoms with van der Waals surface area (Å²) >= 11 is 0. The van der Waals surface area contributed by atoms with Crippen molar-refractivity contribution >= 4 is 21.6 Å². The van der Waals surface area contributed by atoms with Crippen LogP contribution in [0.1, 0.15) is 23.2 Å². The van der Waals surface area contributed by atoms with E-state index in [4.69, 9.17) is 4.74 Å². The quantitative estimate of drug-likeness (QED) is 0.851. The predicted molar refractivity (Wildman–Crippen MR) is 93.2 cm³/mol. The van der Waals surface area contributed by atoms with E-state index in [1.807, 2.05) is 0 Å². The van der Waals surface area contributed by atoms with E-state index in [0.717, 1.165) is 12.8 Å². The summed E-state index contributed by atoms with van der Waals surface area (Å²) in [7, 11) is -0.416. The van der Waals surface area contributed by atoms with E-state index in [2.05, 4.69) is 10.3 Å². The summed E-state index contributed by atoms with van der Waals surface area (Å²) in [5, 5.41) is 2.72. The molecule has 1 aromatic heterocycles. The van der Waals surface area contributed by atoms with E-state index in [0.29, 0.717) is 17.1 Å². The lowest BCUT2D eigenvalue weighted by Gasteiger charge is -2.16. The van der Waals surface area contributed by atoms with E-state index in [1.165, 1.54) is 35.8 Å². The minimum absolute atomic E-state index is 0.103. The topological polar surface area (TPSA) is 88.6 Å². The predicted octanol–water partition coefficient (Wildman–Crippen LogP) is 2.13. The number of rotatable bonds is 6. The molecule has 1 aliphatic carbocycles. The Morgan fingerprint density at radius 1 is 1.24 bits per heavy atom. The SMILES string of the molecule is COc1cc(C(=O)Nc2ccc(S(=O)(=O)N(C)C3CC3)cc2)ccn1. The molecule has 1 amide bonds. The molecule has 0 saturated heterocycles. The number of pyridine rings is 1. The van der Waals surface area contributed by atoms with Gasteiger partial charge >= 0.3 is 0 Å². The lowest BCUT2D eigenvalue weighted by atomic mass is 10.2. The van der Waals surface area contributed by atoms with Crippen LogP contribution in [0.15, 0.2) is 47.5 Å². The first-order valence-electron chi connectivity index (χ1n) is 7.81. The zero-order chi connectivity index (χ0) is 18.0. The normalized spacial score (nSPS) is 14.4. The summed E-state index contributed by atoms with van der Waals surface area (Å²) in [6.45, 7) is 0. The minimum Gasteiger partial charge on any atom is -0.481 e. The van der Waals surface area contributed by atoms with Gasteiger partial charge in [-0.05, 0) is 43.2 Å². The molecule has 0 bridgehead atoms. The van der Waals surface area contributed by atoms with Crippen LogP contribution >= 0.6 is 0 Å². The van der Waals surface area contributed by atoms with Crippen molar-refractivity contribution in [1.82, 2.24) is 9.29 Å². The summed E-state index contributed by atoms with van der Waals surface area (Å²) in [6, 6.07) is 9.34. The molecule has 1 heterocycles. The molecular weight excluding hydrogens is 342 g/mol. The number of aromatic nitrogens is 1. The molecule has 0 radical (unpaired) electrons. The Morgan fingerprint density at radius 2 is 1.92 bits per heavy atom. The number of hydrogen-bond acceptors (Lipinski definition) is 5. The third-order valence-corrected chi connectivity index (χ3v) is 5.98. The number of nitrogens with zero attached hydrogens (tertiary/aromatic N) is 2. The molecule has 0 atom stereocenters. The summed E-state index contributed by atoms with van der Waals surface area (Å²) in [5.41, 5.74) is 0.908. The van der Waals surface area contributed by atoms with Crippen molar-refractivity contribution in [3.05, 3.63) is 48.2 Å². The van der Waals surface area contributed by atoms with Gasteiger partial charge in [0.2, 0.25) is 15.9 Å². The van der Waals surface area contributed by atoms with Crippen molar-refractivity contribution < 1.29 is 17.9 Å². The van der Waals surface area contributed by atoms with E-state index >= 15 is 0 Å². The lowest BCUT2D eigenvalue weighted by Crippen LogP contribution is -2.28. The Balaban J connectivity index is 1.73. The van der Waals surface area contributed by atoms with Gasteiger partial charge in [-0.15, -0.1) is 0 Å². The fourth-order valence-electron chi connectivity index (χ4n) is 2.38. The second kappa shape index (κ2) is 6.81. The average Bonchev–Trinajstić information content (AvgIpc) is 3.46. The van der Waals surface area contributed by atoms with Gasteiger partial charge in [-0.25, -0.2) is 13.4 Å². The highest BCUT2D eigenvalue weighted by Gasteiger charge is 2.34. The minimum atomic E-state index is -3.49. The van der Waals surface area contributed by atoms with Crippen LogP contribution < -0.4 is 10.1 Å². The van der Waals surface area contributed by atoms with Crippen molar-refractivity contribution in [3.8, 4) is 5.88 Å². The van der Waals surface area contributed by atoms with E-state index in [1.54, 1.807) is 25.2 Å². The van der Waals surface area contributed by atoms with Gasteiger partial charge < -0.3 is 10.1 Å². The number of sulfonamides is 1. The first kappa shape index (κ1) is 17.4. The van der Waals surface area contributed by atoms with Gasteiger partial charge in [-0.1, -0.05) is 0 Å². The van der Waals surface area contributed by atoms with E-state index in [-0.39, 0.29) is 16.8 Å². The third-order valence-electron chi connectivity index (χ3n) is 4.06. The smallest absolute Gasteiger partial charge is 0.255 e. The molecule has 2 aromatic rings. The molecule has 1 aromatic carbocycles. The molecule has 132 valence electrons. The fourth-order valence-corrected chi connectivity index (χ4v) is 3.79. The van der Waals surface area contributed by atoms with Crippen molar-refractivity contribution in [3.63, 3.8) is 0 Å². The highest BCUT2D eigenvalue weighted by Crippen LogP contribution is 2.30. The maximum Gasteiger partial charge on any atom is 0.255 e. The molecule has 0 spiro atoms. The van der Waals surface area contributed by atoms with Crippen LogP contribution in [0.2, 0.25) is 0 Å². The molecule has 1 saturated carbocycles.